The van der Waals surface area contributed by atoms with Gasteiger partial charge in [-0.3, -0.25) is 4.79 Å². The van der Waals surface area contributed by atoms with Crippen LogP contribution in [0.1, 0.15) is 37.7 Å². The molecule has 44 heavy (non-hydrogen) atoms. The Kier molecular flexibility index (Phi) is 7.66. The Labute approximate surface area is 253 Å². The number of nitrogens with one attached hydrogen (secondary N) is 1. The number of pyridine rings is 1. The van der Waals surface area contributed by atoms with E-state index in [4.69, 9.17) is 15.2 Å². The summed E-state index contributed by atoms with van der Waals surface area (Å²) in [6.45, 7) is 0.749. The van der Waals surface area contributed by atoms with Gasteiger partial charge in [-0.1, -0.05) is 12.1 Å². The molecule has 0 saturated heterocycles. The molecule has 3 aromatic heterocycles. The Morgan fingerprint density at radius 1 is 1.07 bits per heavy atom. The van der Waals surface area contributed by atoms with Gasteiger partial charge in [0.2, 0.25) is 0 Å². The molecule has 0 fully saturated rings. The Hall–Kier alpha value is -5.01. The third-order valence-electron chi connectivity index (χ3n) is 7.10. The zero-order chi connectivity index (χ0) is 31.0. The van der Waals surface area contributed by atoms with Crippen molar-refractivity contribution >= 4 is 28.9 Å². The maximum absolute atomic E-state index is 13.9. The van der Waals surface area contributed by atoms with Crippen LogP contribution in [0, 0.1) is 0 Å². The summed E-state index contributed by atoms with van der Waals surface area (Å²) in [6.07, 6.45) is -2.89. The monoisotopic (exact) mass is 619 g/mol. The largest absolute Gasteiger partial charge is 0.493 e. The van der Waals surface area contributed by atoms with Crippen LogP contribution in [0.5, 0.6) is 5.75 Å². The van der Waals surface area contributed by atoms with Crippen LogP contribution >= 0.6 is 11.3 Å². The van der Waals surface area contributed by atoms with Crippen molar-refractivity contribution < 1.29 is 32.2 Å². The first-order valence-corrected chi connectivity index (χ1v) is 14.2. The lowest BCUT2D eigenvalue weighted by Gasteiger charge is -2.17. The van der Waals surface area contributed by atoms with Crippen molar-refractivity contribution in [1.29, 1.82) is 0 Å². The quantitative estimate of drug-likeness (QED) is 0.220. The number of aromatic nitrogens is 3. The number of nitrogens with zero attached hydrogens (tertiary/aromatic N) is 3. The molecule has 0 atom stereocenters. The molecule has 1 amide bonds. The van der Waals surface area contributed by atoms with Crippen molar-refractivity contribution in [1.82, 2.24) is 14.8 Å². The number of halogens is 3. The molecule has 224 valence electrons. The highest BCUT2D eigenvalue weighted by Gasteiger charge is 2.34. The second kappa shape index (κ2) is 11.6. The van der Waals surface area contributed by atoms with Gasteiger partial charge in [-0.25, -0.2) is 14.5 Å². The third-order valence-corrected chi connectivity index (χ3v) is 8.09. The minimum absolute atomic E-state index is 0.0510. The van der Waals surface area contributed by atoms with E-state index in [9.17, 15) is 22.8 Å². The normalized spacial score (nSPS) is 12.5. The average molecular weight is 620 g/mol. The van der Waals surface area contributed by atoms with E-state index in [1.54, 1.807) is 36.4 Å². The fourth-order valence-corrected chi connectivity index (χ4v) is 5.87. The molecule has 0 radical (unpaired) electrons. The number of benzene rings is 2. The first kappa shape index (κ1) is 29.1. The third kappa shape index (κ3) is 5.54. The van der Waals surface area contributed by atoms with Crippen LogP contribution in [-0.2, 0) is 23.9 Å². The summed E-state index contributed by atoms with van der Waals surface area (Å²) in [5.41, 5.74) is 8.35. The predicted molar refractivity (Wildman–Crippen MR) is 158 cm³/mol. The smallest absolute Gasteiger partial charge is 0.435 e. The number of fused-ring (bicyclic) bond motifs is 3. The zero-order valence-corrected chi connectivity index (χ0v) is 24.0. The molecular formula is C31H24F3N5O4S. The van der Waals surface area contributed by atoms with Crippen LogP contribution in [-0.4, -0.2) is 40.4 Å². The zero-order valence-electron chi connectivity index (χ0n) is 23.1. The molecular weight excluding hydrogens is 595 g/mol. The van der Waals surface area contributed by atoms with Gasteiger partial charge in [0.15, 0.2) is 17.2 Å². The molecule has 0 spiro atoms. The Balaban J connectivity index is 1.51. The minimum Gasteiger partial charge on any atom is -0.493 e. The predicted octanol–water partition coefficient (Wildman–Crippen LogP) is 6.11. The topological polar surface area (TPSA) is 121 Å². The SMILES string of the molecule is COC(=O)c1nc(-n2ccc(C(F)(F)F)n2)ccc1-c1cc2c(cc1C(=O)Nc1ccc(CN)cc1)-c1sccc1CCO2. The summed E-state index contributed by atoms with van der Waals surface area (Å²) in [5, 5.41) is 8.43. The van der Waals surface area contributed by atoms with Crippen molar-refractivity contribution in [3.63, 3.8) is 0 Å². The van der Waals surface area contributed by atoms with Gasteiger partial charge in [-0.05, 0) is 65.0 Å². The van der Waals surface area contributed by atoms with E-state index in [2.05, 4.69) is 15.4 Å². The van der Waals surface area contributed by atoms with E-state index in [1.165, 1.54) is 23.5 Å². The van der Waals surface area contributed by atoms with Crippen molar-refractivity contribution in [2.75, 3.05) is 19.0 Å². The van der Waals surface area contributed by atoms with Crippen LogP contribution in [0.15, 0.2) is 72.2 Å². The number of rotatable bonds is 6. The van der Waals surface area contributed by atoms with E-state index >= 15 is 0 Å². The number of carbonyl (C=O) groups excluding carboxylic acids is 2. The molecule has 0 unspecified atom stereocenters. The maximum atomic E-state index is 13.9. The van der Waals surface area contributed by atoms with Crippen molar-refractivity contribution in [3.8, 4) is 33.1 Å². The molecule has 0 bridgehead atoms. The van der Waals surface area contributed by atoms with E-state index in [1.807, 2.05) is 11.4 Å². The molecule has 1 aliphatic rings. The van der Waals surface area contributed by atoms with Crippen LogP contribution in [0.4, 0.5) is 18.9 Å². The molecule has 6 rings (SSSR count). The summed E-state index contributed by atoms with van der Waals surface area (Å²) < 4.78 is 51.6. The number of nitrogens with two attached hydrogens (primary N) is 1. The molecule has 2 aromatic carbocycles. The van der Waals surface area contributed by atoms with Crippen molar-refractivity contribution in [2.45, 2.75) is 19.1 Å². The summed E-state index contributed by atoms with van der Waals surface area (Å²) in [7, 11) is 1.16. The standard InChI is InChI=1S/C31H24F3N5O4S/c1-42-30(41)27-20(6-7-26(37-27)39-11-8-25(38-39)31(32,33)34)21-15-24-23(28-18(9-12-43-24)10-13-44-28)14-22(21)29(40)36-19-4-2-17(16-35)3-5-19/h2-8,10-11,13-15H,9,12,16,35H2,1H3,(H,36,40). The minimum atomic E-state index is -4.66. The van der Waals surface area contributed by atoms with Gasteiger partial charge < -0.3 is 20.5 Å². The molecule has 4 heterocycles. The lowest BCUT2D eigenvalue weighted by atomic mass is 9.93. The number of hydrogen-bond acceptors (Lipinski definition) is 8. The number of esters is 1. The number of carbonyl (C=O) groups is 2. The summed E-state index contributed by atoms with van der Waals surface area (Å²) in [4.78, 5) is 32.2. The molecule has 13 heteroatoms. The van der Waals surface area contributed by atoms with Gasteiger partial charge in [0.25, 0.3) is 5.91 Å². The summed E-state index contributed by atoms with van der Waals surface area (Å²) >= 11 is 1.53. The van der Waals surface area contributed by atoms with Gasteiger partial charge in [0.1, 0.15) is 5.75 Å². The van der Waals surface area contributed by atoms with Gasteiger partial charge in [-0.2, -0.15) is 18.3 Å². The van der Waals surface area contributed by atoms with Crippen LogP contribution in [0.2, 0.25) is 0 Å². The van der Waals surface area contributed by atoms with Gasteiger partial charge in [-0.15, -0.1) is 11.3 Å². The molecule has 9 nitrogen and oxygen atoms in total. The van der Waals surface area contributed by atoms with E-state index < -0.39 is 23.7 Å². The van der Waals surface area contributed by atoms with Crippen LogP contribution in [0.25, 0.3) is 27.4 Å². The summed E-state index contributed by atoms with van der Waals surface area (Å²) in [6, 6.07) is 16.2. The lowest BCUT2D eigenvalue weighted by Crippen LogP contribution is -2.16. The number of alkyl halides is 3. The van der Waals surface area contributed by atoms with Gasteiger partial charge in [0, 0.05) is 52.0 Å². The summed E-state index contributed by atoms with van der Waals surface area (Å²) in [5.74, 6) is -0.866. The second-order valence-electron chi connectivity index (χ2n) is 9.82. The molecule has 0 aliphatic carbocycles. The fourth-order valence-electron chi connectivity index (χ4n) is 4.90. The van der Waals surface area contributed by atoms with Crippen molar-refractivity contribution in [2.24, 2.45) is 5.73 Å². The number of anilines is 1. The highest BCUT2D eigenvalue weighted by atomic mass is 32.1. The van der Waals surface area contributed by atoms with E-state index in [-0.39, 0.29) is 22.6 Å². The number of amides is 1. The number of thiophene rings is 1. The highest BCUT2D eigenvalue weighted by molar-refractivity contribution is 7.13. The van der Waals surface area contributed by atoms with Gasteiger partial charge >= 0.3 is 12.1 Å². The number of methoxy groups -OCH3 is 1. The second-order valence-corrected chi connectivity index (χ2v) is 10.7. The Morgan fingerprint density at radius 3 is 2.57 bits per heavy atom. The lowest BCUT2D eigenvalue weighted by molar-refractivity contribution is -0.141. The van der Waals surface area contributed by atoms with Crippen LogP contribution < -0.4 is 15.8 Å². The Bertz CT molecular complexity index is 1880. The molecule has 0 saturated carbocycles. The van der Waals surface area contributed by atoms with Crippen LogP contribution in [0.3, 0.4) is 0 Å². The first-order chi connectivity index (χ1) is 21.2. The molecule has 3 N–H and O–H groups in total. The number of ether oxygens (including phenoxy) is 2. The fraction of sp³-hybridized carbons (Fsp3) is 0.161. The highest BCUT2D eigenvalue weighted by Crippen LogP contribution is 2.43. The Morgan fingerprint density at radius 2 is 1.86 bits per heavy atom. The average Bonchev–Trinajstić information content (AvgIpc) is 3.68. The van der Waals surface area contributed by atoms with E-state index in [0.717, 1.165) is 45.6 Å². The molecule has 1 aliphatic heterocycles. The first-order valence-electron chi connectivity index (χ1n) is 13.4. The molecule has 5 aromatic rings. The van der Waals surface area contributed by atoms with Gasteiger partial charge in [0.05, 0.1) is 13.7 Å². The number of hydrogen-bond donors (Lipinski definition) is 2. The van der Waals surface area contributed by atoms with E-state index in [0.29, 0.717) is 36.6 Å². The van der Waals surface area contributed by atoms with Crippen molar-refractivity contribution in [3.05, 3.63) is 100 Å². The maximum Gasteiger partial charge on any atom is 0.435 e.